The summed E-state index contributed by atoms with van der Waals surface area (Å²) in [6.07, 6.45) is 0. The molecule has 0 saturated carbocycles. The van der Waals surface area contributed by atoms with Crippen molar-refractivity contribution >= 4 is 17.3 Å². The van der Waals surface area contributed by atoms with E-state index in [1.54, 1.807) is 0 Å². The van der Waals surface area contributed by atoms with Gasteiger partial charge in [-0.3, -0.25) is 10.3 Å². The van der Waals surface area contributed by atoms with Crippen molar-refractivity contribution in [2.45, 2.75) is 0 Å². The van der Waals surface area contributed by atoms with Crippen LogP contribution in [0.25, 0.3) is 5.70 Å². The highest BCUT2D eigenvalue weighted by Crippen LogP contribution is 2.13. The van der Waals surface area contributed by atoms with Crippen LogP contribution in [0.5, 0.6) is 0 Å². The predicted octanol–water partition coefficient (Wildman–Crippen LogP) is 2.39. The summed E-state index contributed by atoms with van der Waals surface area (Å²) in [6, 6.07) is 7.44. The highest BCUT2D eigenvalue weighted by Gasteiger charge is 1.98. The molecule has 0 aromatic heterocycles. The minimum atomic E-state index is 0.611. The van der Waals surface area contributed by atoms with Crippen molar-refractivity contribution in [1.29, 1.82) is 0 Å². The van der Waals surface area contributed by atoms with Gasteiger partial charge in [0.25, 0.3) is 0 Å². The lowest BCUT2D eigenvalue weighted by Gasteiger charge is -2.12. The number of hydroxylamine groups is 1. The molecular formula is C12H17ClN2O. The number of likely N-dealkylation sites (N-methyl/N-ethyl adjacent to an activating group) is 1. The number of hydrogen-bond donors (Lipinski definition) is 1. The van der Waals surface area contributed by atoms with Crippen molar-refractivity contribution in [2.24, 2.45) is 0 Å². The van der Waals surface area contributed by atoms with Gasteiger partial charge in [0, 0.05) is 11.6 Å². The molecule has 16 heavy (non-hydrogen) atoms. The smallest absolute Gasteiger partial charge is 0.0872 e. The zero-order valence-corrected chi connectivity index (χ0v) is 10.4. The molecule has 0 aliphatic rings. The van der Waals surface area contributed by atoms with E-state index in [1.165, 1.54) is 0 Å². The Kier molecular flexibility index (Phi) is 5.32. The van der Waals surface area contributed by atoms with E-state index in [4.69, 9.17) is 16.4 Å². The fourth-order valence-electron chi connectivity index (χ4n) is 1.08. The summed E-state index contributed by atoms with van der Waals surface area (Å²) in [6.45, 7) is 5.35. The fourth-order valence-corrected chi connectivity index (χ4v) is 1.20. The molecule has 1 rings (SSSR count). The second kappa shape index (κ2) is 6.53. The lowest BCUT2D eigenvalue weighted by molar-refractivity contribution is 0.0670. The standard InChI is InChI=1S/C12H17ClN2O/c1-10(14-16-9-8-15(2)3)11-4-6-12(13)7-5-11/h4-7,14H,1,8-9H2,2-3H3. The average molecular weight is 241 g/mol. The minimum absolute atomic E-state index is 0.611. The van der Waals surface area contributed by atoms with Crippen LogP contribution in [0.3, 0.4) is 0 Å². The number of nitrogens with one attached hydrogen (secondary N) is 1. The molecule has 88 valence electrons. The van der Waals surface area contributed by atoms with E-state index >= 15 is 0 Å². The fraction of sp³-hybridized carbons (Fsp3) is 0.333. The second-order valence-electron chi connectivity index (χ2n) is 3.74. The number of rotatable bonds is 6. The van der Waals surface area contributed by atoms with Crippen molar-refractivity contribution in [3.8, 4) is 0 Å². The van der Waals surface area contributed by atoms with Crippen LogP contribution in [0.4, 0.5) is 0 Å². The van der Waals surface area contributed by atoms with Crippen LogP contribution in [0.2, 0.25) is 5.02 Å². The van der Waals surface area contributed by atoms with Crippen LogP contribution in [0.1, 0.15) is 5.56 Å². The summed E-state index contributed by atoms with van der Waals surface area (Å²) in [4.78, 5) is 7.32. The second-order valence-corrected chi connectivity index (χ2v) is 4.18. The molecule has 1 aromatic rings. The molecule has 0 unspecified atom stereocenters. The molecular weight excluding hydrogens is 224 g/mol. The van der Waals surface area contributed by atoms with E-state index in [0.717, 1.165) is 17.8 Å². The van der Waals surface area contributed by atoms with E-state index in [-0.39, 0.29) is 0 Å². The average Bonchev–Trinajstić information content (AvgIpc) is 2.25. The molecule has 0 heterocycles. The van der Waals surface area contributed by atoms with Gasteiger partial charge >= 0.3 is 0 Å². The van der Waals surface area contributed by atoms with E-state index in [9.17, 15) is 0 Å². The molecule has 3 nitrogen and oxygen atoms in total. The Labute approximate surface area is 102 Å². The minimum Gasteiger partial charge on any atom is -0.307 e. The van der Waals surface area contributed by atoms with Crippen LogP contribution < -0.4 is 5.48 Å². The van der Waals surface area contributed by atoms with Gasteiger partial charge in [0.05, 0.1) is 12.3 Å². The Bertz CT molecular complexity index is 335. The van der Waals surface area contributed by atoms with Gasteiger partial charge in [0.1, 0.15) is 0 Å². The highest BCUT2D eigenvalue weighted by atomic mass is 35.5. The zero-order chi connectivity index (χ0) is 12.0. The van der Waals surface area contributed by atoms with Crippen molar-refractivity contribution in [3.05, 3.63) is 41.4 Å². The van der Waals surface area contributed by atoms with Gasteiger partial charge in [0.15, 0.2) is 0 Å². The van der Waals surface area contributed by atoms with Gasteiger partial charge < -0.3 is 4.90 Å². The molecule has 0 bridgehead atoms. The van der Waals surface area contributed by atoms with Gasteiger partial charge in [-0.15, -0.1) is 0 Å². The molecule has 1 aromatic carbocycles. The lowest BCUT2D eigenvalue weighted by atomic mass is 10.2. The third-order valence-corrected chi connectivity index (χ3v) is 2.28. The molecule has 0 aliphatic carbocycles. The van der Waals surface area contributed by atoms with Gasteiger partial charge in [-0.05, 0) is 31.8 Å². The van der Waals surface area contributed by atoms with E-state index in [1.807, 2.05) is 43.3 Å². The highest BCUT2D eigenvalue weighted by molar-refractivity contribution is 6.30. The third-order valence-electron chi connectivity index (χ3n) is 2.03. The van der Waals surface area contributed by atoms with Gasteiger partial charge in [0.2, 0.25) is 0 Å². The molecule has 0 amide bonds. The Morgan fingerprint density at radius 2 is 2.00 bits per heavy atom. The Morgan fingerprint density at radius 3 is 2.56 bits per heavy atom. The first-order valence-electron chi connectivity index (χ1n) is 5.07. The first-order chi connectivity index (χ1) is 7.59. The van der Waals surface area contributed by atoms with Crippen molar-refractivity contribution in [3.63, 3.8) is 0 Å². The Hall–Kier alpha value is -1.03. The normalized spacial score (nSPS) is 10.5. The molecule has 0 aliphatic heterocycles. The maximum absolute atomic E-state index is 5.79. The molecule has 0 atom stereocenters. The van der Waals surface area contributed by atoms with Crippen molar-refractivity contribution < 1.29 is 4.84 Å². The molecule has 0 radical (unpaired) electrons. The molecule has 0 spiro atoms. The Morgan fingerprint density at radius 1 is 1.38 bits per heavy atom. The summed E-state index contributed by atoms with van der Waals surface area (Å²) in [7, 11) is 3.99. The van der Waals surface area contributed by atoms with Crippen molar-refractivity contribution in [1.82, 2.24) is 10.4 Å². The maximum atomic E-state index is 5.79. The van der Waals surface area contributed by atoms with Gasteiger partial charge in [-0.1, -0.05) is 30.3 Å². The molecule has 0 saturated heterocycles. The van der Waals surface area contributed by atoms with Crippen LogP contribution in [0, 0.1) is 0 Å². The van der Waals surface area contributed by atoms with Crippen LogP contribution >= 0.6 is 11.6 Å². The first kappa shape index (κ1) is 13.0. The summed E-state index contributed by atoms with van der Waals surface area (Å²) in [5, 5.41) is 0.713. The van der Waals surface area contributed by atoms with E-state index < -0.39 is 0 Å². The van der Waals surface area contributed by atoms with E-state index in [0.29, 0.717) is 11.6 Å². The van der Waals surface area contributed by atoms with Gasteiger partial charge in [-0.25, -0.2) is 0 Å². The van der Waals surface area contributed by atoms with Crippen molar-refractivity contribution in [2.75, 3.05) is 27.2 Å². The number of nitrogens with zero attached hydrogens (tertiary/aromatic N) is 1. The van der Waals surface area contributed by atoms with Crippen LogP contribution in [-0.4, -0.2) is 32.1 Å². The summed E-state index contributed by atoms with van der Waals surface area (Å²) in [5.74, 6) is 0. The summed E-state index contributed by atoms with van der Waals surface area (Å²) in [5.41, 5.74) is 4.51. The number of benzene rings is 1. The van der Waals surface area contributed by atoms with Gasteiger partial charge in [-0.2, -0.15) is 0 Å². The monoisotopic (exact) mass is 240 g/mol. The first-order valence-corrected chi connectivity index (χ1v) is 5.45. The van der Waals surface area contributed by atoms with Crippen LogP contribution in [-0.2, 0) is 4.84 Å². The van der Waals surface area contributed by atoms with Crippen LogP contribution in [0.15, 0.2) is 30.8 Å². The predicted molar refractivity (Wildman–Crippen MR) is 68.1 cm³/mol. The maximum Gasteiger partial charge on any atom is 0.0872 e. The lowest BCUT2D eigenvalue weighted by Crippen LogP contribution is -2.22. The zero-order valence-electron chi connectivity index (χ0n) is 9.66. The quantitative estimate of drug-likeness (QED) is 0.611. The SMILES string of the molecule is C=C(NOCCN(C)C)c1ccc(Cl)cc1. The summed E-state index contributed by atoms with van der Waals surface area (Å²) < 4.78 is 0. The topological polar surface area (TPSA) is 24.5 Å². The summed E-state index contributed by atoms with van der Waals surface area (Å²) >= 11 is 5.79. The third kappa shape index (κ3) is 4.66. The number of halogens is 1. The molecule has 4 heteroatoms. The molecule has 1 N–H and O–H groups in total. The Balaban J connectivity index is 2.32. The number of hydrogen-bond acceptors (Lipinski definition) is 3. The van der Waals surface area contributed by atoms with E-state index in [2.05, 4.69) is 12.1 Å². The molecule has 0 fully saturated rings. The largest absolute Gasteiger partial charge is 0.307 e.